The SMILES string of the molecule is Cc1ccc(SCCOc2ccccc2F)cc1C(=O)O. The molecular weight excluding hydrogens is 291 g/mol. The Morgan fingerprint density at radius 3 is 2.76 bits per heavy atom. The van der Waals surface area contributed by atoms with Crippen LogP contribution in [0.1, 0.15) is 15.9 Å². The molecule has 110 valence electrons. The van der Waals surface area contributed by atoms with Crippen molar-refractivity contribution in [3.63, 3.8) is 0 Å². The number of benzene rings is 2. The van der Waals surface area contributed by atoms with E-state index in [0.29, 0.717) is 17.9 Å². The van der Waals surface area contributed by atoms with Crippen LogP contribution >= 0.6 is 11.8 Å². The molecule has 0 bridgehead atoms. The zero-order chi connectivity index (χ0) is 15.2. The van der Waals surface area contributed by atoms with Crippen LogP contribution in [0.3, 0.4) is 0 Å². The van der Waals surface area contributed by atoms with E-state index in [4.69, 9.17) is 9.84 Å². The van der Waals surface area contributed by atoms with Gasteiger partial charge in [-0.15, -0.1) is 11.8 Å². The van der Waals surface area contributed by atoms with E-state index in [1.807, 2.05) is 6.07 Å². The second-order valence-electron chi connectivity index (χ2n) is 4.41. The summed E-state index contributed by atoms with van der Waals surface area (Å²) in [5.41, 5.74) is 1.03. The summed E-state index contributed by atoms with van der Waals surface area (Å²) in [6.45, 7) is 2.11. The fourth-order valence-electron chi connectivity index (χ4n) is 1.79. The maximum Gasteiger partial charge on any atom is 0.335 e. The molecule has 0 aliphatic carbocycles. The number of para-hydroxylation sites is 1. The van der Waals surface area contributed by atoms with Gasteiger partial charge in [0.25, 0.3) is 0 Å². The standard InChI is InChI=1S/C16H15FO3S/c1-11-6-7-12(10-13(11)16(18)19)21-9-8-20-15-5-3-2-4-14(15)17/h2-7,10H,8-9H2,1H3,(H,18,19). The van der Waals surface area contributed by atoms with Crippen LogP contribution < -0.4 is 4.74 Å². The molecule has 0 radical (unpaired) electrons. The van der Waals surface area contributed by atoms with Gasteiger partial charge < -0.3 is 9.84 Å². The van der Waals surface area contributed by atoms with Crippen molar-refractivity contribution in [2.24, 2.45) is 0 Å². The van der Waals surface area contributed by atoms with Gasteiger partial charge in [0.05, 0.1) is 12.2 Å². The number of aromatic carboxylic acids is 1. The highest BCUT2D eigenvalue weighted by molar-refractivity contribution is 7.99. The van der Waals surface area contributed by atoms with E-state index in [2.05, 4.69) is 0 Å². The largest absolute Gasteiger partial charge is 0.490 e. The molecule has 0 saturated heterocycles. The van der Waals surface area contributed by atoms with Crippen molar-refractivity contribution >= 4 is 17.7 Å². The highest BCUT2D eigenvalue weighted by Gasteiger charge is 2.08. The molecule has 0 aliphatic rings. The topological polar surface area (TPSA) is 46.5 Å². The molecule has 0 atom stereocenters. The normalized spacial score (nSPS) is 10.4. The second kappa shape index (κ2) is 7.13. The minimum atomic E-state index is -0.933. The minimum absolute atomic E-state index is 0.230. The number of halogens is 1. The molecule has 0 amide bonds. The number of hydrogen-bond donors (Lipinski definition) is 1. The van der Waals surface area contributed by atoms with Crippen LogP contribution in [0.2, 0.25) is 0 Å². The van der Waals surface area contributed by atoms with Gasteiger partial charge in [-0.2, -0.15) is 0 Å². The summed E-state index contributed by atoms with van der Waals surface area (Å²) in [4.78, 5) is 11.9. The Bertz CT molecular complexity index is 643. The van der Waals surface area contributed by atoms with Crippen LogP contribution in [0.25, 0.3) is 0 Å². The summed E-state index contributed by atoms with van der Waals surface area (Å²) in [6.07, 6.45) is 0. The maximum absolute atomic E-state index is 13.3. The number of thioether (sulfide) groups is 1. The first-order valence-corrected chi connectivity index (χ1v) is 7.40. The van der Waals surface area contributed by atoms with Gasteiger partial charge in [0, 0.05) is 10.6 Å². The summed E-state index contributed by atoms with van der Waals surface area (Å²) in [7, 11) is 0. The molecule has 5 heteroatoms. The molecule has 0 spiro atoms. The van der Waals surface area contributed by atoms with Gasteiger partial charge in [-0.1, -0.05) is 18.2 Å². The van der Waals surface area contributed by atoms with Crippen molar-refractivity contribution in [3.8, 4) is 5.75 Å². The summed E-state index contributed by atoms with van der Waals surface area (Å²) < 4.78 is 18.7. The molecule has 0 unspecified atom stereocenters. The number of carboxylic acid groups (broad SMARTS) is 1. The zero-order valence-corrected chi connectivity index (χ0v) is 12.3. The van der Waals surface area contributed by atoms with Crippen molar-refractivity contribution in [1.29, 1.82) is 0 Å². The lowest BCUT2D eigenvalue weighted by molar-refractivity contribution is 0.0696. The van der Waals surface area contributed by atoms with Gasteiger partial charge in [-0.3, -0.25) is 0 Å². The summed E-state index contributed by atoms with van der Waals surface area (Å²) in [5, 5.41) is 9.07. The average Bonchev–Trinajstić information content (AvgIpc) is 2.46. The van der Waals surface area contributed by atoms with Gasteiger partial charge >= 0.3 is 5.97 Å². The monoisotopic (exact) mass is 306 g/mol. The molecule has 21 heavy (non-hydrogen) atoms. The molecule has 0 aliphatic heterocycles. The van der Waals surface area contributed by atoms with Gasteiger partial charge in [0.15, 0.2) is 11.6 Å². The molecule has 3 nitrogen and oxygen atoms in total. The first kappa shape index (κ1) is 15.4. The average molecular weight is 306 g/mol. The Kier molecular flexibility index (Phi) is 5.22. The van der Waals surface area contributed by atoms with Crippen molar-refractivity contribution in [3.05, 3.63) is 59.4 Å². The van der Waals surface area contributed by atoms with Gasteiger partial charge in [-0.05, 0) is 36.8 Å². The van der Waals surface area contributed by atoms with E-state index < -0.39 is 5.97 Å². The molecule has 2 aromatic rings. The predicted molar refractivity (Wildman–Crippen MR) is 80.8 cm³/mol. The van der Waals surface area contributed by atoms with Crippen molar-refractivity contribution in [2.75, 3.05) is 12.4 Å². The Morgan fingerprint density at radius 1 is 1.29 bits per heavy atom. The Balaban J connectivity index is 1.88. The maximum atomic E-state index is 13.3. The quantitative estimate of drug-likeness (QED) is 0.647. The number of carboxylic acids is 1. The lowest BCUT2D eigenvalue weighted by atomic mass is 10.1. The van der Waals surface area contributed by atoms with E-state index in [0.717, 1.165) is 10.5 Å². The lowest BCUT2D eigenvalue weighted by Gasteiger charge is -2.08. The Hall–Kier alpha value is -2.01. The van der Waals surface area contributed by atoms with Crippen molar-refractivity contribution < 1.29 is 19.0 Å². The highest BCUT2D eigenvalue weighted by atomic mass is 32.2. The highest BCUT2D eigenvalue weighted by Crippen LogP contribution is 2.22. The van der Waals surface area contributed by atoms with E-state index in [1.165, 1.54) is 17.8 Å². The predicted octanol–water partition coefficient (Wildman–Crippen LogP) is 4.00. The smallest absolute Gasteiger partial charge is 0.335 e. The summed E-state index contributed by atoms with van der Waals surface area (Å²) in [6, 6.07) is 11.5. The Morgan fingerprint density at radius 2 is 2.05 bits per heavy atom. The fourth-order valence-corrected chi connectivity index (χ4v) is 2.56. The Labute approximate surface area is 126 Å². The molecule has 0 heterocycles. The number of aryl methyl sites for hydroxylation is 1. The second-order valence-corrected chi connectivity index (χ2v) is 5.58. The molecule has 2 rings (SSSR count). The molecular formula is C16H15FO3S. The number of ether oxygens (including phenoxy) is 1. The fraction of sp³-hybridized carbons (Fsp3) is 0.188. The van der Waals surface area contributed by atoms with E-state index >= 15 is 0 Å². The molecule has 2 aromatic carbocycles. The summed E-state index contributed by atoms with van der Waals surface area (Å²) in [5.74, 6) is -0.479. The molecule has 1 N–H and O–H groups in total. The van der Waals surface area contributed by atoms with Crippen molar-refractivity contribution in [1.82, 2.24) is 0 Å². The molecule has 0 aromatic heterocycles. The minimum Gasteiger partial charge on any atom is -0.490 e. The number of rotatable bonds is 6. The molecule has 0 saturated carbocycles. The van der Waals surface area contributed by atoms with Crippen LogP contribution in [-0.2, 0) is 0 Å². The summed E-state index contributed by atoms with van der Waals surface area (Å²) >= 11 is 1.48. The third-order valence-corrected chi connectivity index (χ3v) is 3.84. The third-order valence-electron chi connectivity index (χ3n) is 2.89. The molecule has 0 fully saturated rings. The van der Waals surface area contributed by atoms with Crippen LogP contribution in [0.5, 0.6) is 5.75 Å². The van der Waals surface area contributed by atoms with E-state index in [1.54, 1.807) is 37.3 Å². The zero-order valence-electron chi connectivity index (χ0n) is 11.5. The first-order valence-electron chi connectivity index (χ1n) is 6.42. The van der Waals surface area contributed by atoms with Crippen LogP contribution in [0.4, 0.5) is 4.39 Å². The number of hydrogen-bond acceptors (Lipinski definition) is 3. The van der Waals surface area contributed by atoms with E-state index in [-0.39, 0.29) is 11.6 Å². The van der Waals surface area contributed by atoms with Gasteiger partial charge in [0.2, 0.25) is 0 Å². The van der Waals surface area contributed by atoms with Crippen molar-refractivity contribution in [2.45, 2.75) is 11.8 Å². The van der Waals surface area contributed by atoms with Gasteiger partial charge in [0.1, 0.15) is 0 Å². The first-order chi connectivity index (χ1) is 10.1. The van der Waals surface area contributed by atoms with Gasteiger partial charge in [-0.25, -0.2) is 9.18 Å². The van der Waals surface area contributed by atoms with Crippen LogP contribution in [-0.4, -0.2) is 23.4 Å². The number of carbonyl (C=O) groups is 1. The van der Waals surface area contributed by atoms with Crippen LogP contribution in [0, 0.1) is 12.7 Å². The lowest BCUT2D eigenvalue weighted by Crippen LogP contribution is -2.02. The van der Waals surface area contributed by atoms with E-state index in [9.17, 15) is 9.18 Å². The van der Waals surface area contributed by atoms with Crippen LogP contribution in [0.15, 0.2) is 47.4 Å². The third kappa shape index (κ3) is 4.23.